The van der Waals surface area contributed by atoms with Crippen molar-refractivity contribution in [2.24, 2.45) is 0 Å². The van der Waals surface area contributed by atoms with Gasteiger partial charge >= 0.3 is 0 Å². The summed E-state index contributed by atoms with van der Waals surface area (Å²) in [6.45, 7) is 4.03. The van der Waals surface area contributed by atoms with Gasteiger partial charge < -0.3 is 0 Å². The number of benzene rings is 2. The van der Waals surface area contributed by atoms with Crippen LogP contribution in [0, 0.1) is 0 Å². The standard InChI is InChI=1S/C18H16/c1-2-16-17-11-7-6-10-15(17)12-13-18(16)14-8-4-3-5-9-14/h2-13,16,18H,1H2. The molecule has 0 aliphatic heterocycles. The third-order valence-corrected chi connectivity index (χ3v) is 3.66. The fourth-order valence-electron chi connectivity index (χ4n) is 2.75. The normalized spacial score (nSPS) is 21.3. The van der Waals surface area contributed by atoms with E-state index in [1.165, 1.54) is 16.7 Å². The van der Waals surface area contributed by atoms with Crippen LogP contribution in [0.15, 0.2) is 73.3 Å². The Morgan fingerprint density at radius 1 is 0.889 bits per heavy atom. The lowest BCUT2D eigenvalue weighted by Crippen LogP contribution is -2.11. The van der Waals surface area contributed by atoms with Crippen molar-refractivity contribution in [3.8, 4) is 0 Å². The largest absolute Gasteiger partial charge is 0.102 e. The third-order valence-electron chi connectivity index (χ3n) is 3.66. The van der Waals surface area contributed by atoms with Crippen LogP contribution in [0.2, 0.25) is 0 Å². The van der Waals surface area contributed by atoms with Crippen molar-refractivity contribution in [3.63, 3.8) is 0 Å². The van der Waals surface area contributed by atoms with Gasteiger partial charge in [0.2, 0.25) is 0 Å². The molecule has 2 atom stereocenters. The molecule has 2 aromatic carbocycles. The SMILES string of the molecule is C=CC1c2ccccc2C=CC1c1ccccc1. The smallest absolute Gasteiger partial charge is 0.0125 e. The minimum atomic E-state index is 0.369. The first-order valence-electron chi connectivity index (χ1n) is 6.35. The van der Waals surface area contributed by atoms with Crippen molar-refractivity contribution >= 4 is 6.08 Å². The van der Waals surface area contributed by atoms with Gasteiger partial charge in [0.05, 0.1) is 0 Å². The lowest BCUT2D eigenvalue weighted by Gasteiger charge is -2.27. The zero-order chi connectivity index (χ0) is 12.4. The monoisotopic (exact) mass is 232 g/mol. The summed E-state index contributed by atoms with van der Waals surface area (Å²) in [6, 6.07) is 19.2. The third kappa shape index (κ3) is 1.80. The molecular formula is C18H16. The molecule has 1 aliphatic carbocycles. The molecule has 3 rings (SSSR count). The van der Waals surface area contributed by atoms with E-state index >= 15 is 0 Å². The fraction of sp³-hybridized carbons (Fsp3) is 0.111. The van der Waals surface area contributed by atoms with Crippen molar-refractivity contribution in [2.45, 2.75) is 11.8 Å². The molecular weight excluding hydrogens is 216 g/mol. The quantitative estimate of drug-likeness (QED) is 0.654. The maximum Gasteiger partial charge on any atom is 0.0125 e. The van der Waals surface area contributed by atoms with Crippen molar-refractivity contribution in [2.75, 3.05) is 0 Å². The number of hydrogen-bond donors (Lipinski definition) is 0. The zero-order valence-corrected chi connectivity index (χ0v) is 10.3. The van der Waals surface area contributed by atoms with Crippen LogP contribution in [0.4, 0.5) is 0 Å². The van der Waals surface area contributed by atoms with Gasteiger partial charge in [0.1, 0.15) is 0 Å². The van der Waals surface area contributed by atoms with Crippen LogP contribution in [0.5, 0.6) is 0 Å². The van der Waals surface area contributed by atoms with E-state index in [9.17, 15) is 0 Å². The van der Waals surface area contributed by atoms with Gasteiger partial charge in [-0.25, -0.2) is 0 Å². The summed E-state index contributed by atoms with van der Waals surface area (Å²) in [5.74, 6) is 0.771. The van der Waals surface area contributed by atoms with Gasteiger partial charge in [-0.15, -0.1) is 6.58 Å². The zero-order valence-electron chi connectivity index (χ0n) is 10.3. The van der Waals surface area contributed by atoms with Gasteiger partial charge in [-0.3, -0.25) is 0 Å². The molecule has 2 aromatic rings. The molecule has 0 nitrogen and oxygen atoms in total. The highest BCUT2D eigenvalue weighted by Crippen LogP contribution is 2.40. The Bertz CT molecular complexity index is 578. The Labute approximate surface area is 108 Å². The molecule has 1 aliphatic rings. The first kappa shape index (κ1) is 11.0. The Hall–Kier alpha value is -2.08. The van der Waals surface area contributed by atoms with Crippen molar-refractivity contribution in [1.29, 1.82) is 0 Å². The topological polar surface area (TPSA) is 0 Å². The highest BCUT2D eigenvalue weighted by molar-refractivity contribution is 5.61. The summed E-state index contributed by atoms with van der Waals surface area (Å²) < 4.78 is 0. The summed E-state index contributed by atoms with van der Waals surface area (Å²) in [5.41, 5.74) is 4.05. The molecule has 0 fully saturated rings. The van der Waals surface area contributed by atoms with Crippen LogP contribution in [0.3, 0.4) is 0 Å². The maximum atomic E-state index is 4.03. The Balaban J connectivity index is 2.08. The van der Waals surface area contributed by atoms with E-state index in [2.05, 4.69) is 79.4 Å². The van der Waals surface area contributed by atoms with E-state index in [1.807, 2.05) is 0 Å². The maximum absolute atomic E-state index is 4.03. The summed E-state index contributed by atoms with van der Waals surface area (Å²) in [7, 11) is 0. The van der Waals surface area contributed by atoms with Gasteiger partial charge in [0.25, 0.3) is 0 Å². The average molecular weight is 232 g/mol. The molecule has 0 radical (unpaired) electrons. The van der Waals surface area contributed by atoms with Gasteiger partial charge in [-0.1, -0.05) is 72.8 Å². The van der Waals surface area contributed by atoms with Gasteiger partial charge in [-0.2, -0.15) is 0 Å². The molecule has 0 saturated heterocycles. The van der Waals surface area contributed by atoms with E-state index < -0.39 is 0 Å². The first-order chi connectivity index (χ1) is 8.90. The van der Waals surface area contributed by atoms with Gasteiger partial charge in [-0.05, 0) is 16.7 Å². The molecule has 18 heavy (non-hydrogen) atoms. The highest BCUT2D eigenvalue weighted by Gasteiger charge is 2.24. The molecule has 0 spiro atoms. The van der Waals surface area contributed by atoms with E-state index in [0.29, 0.717) is 11.8 Å². The minimum absolute atomic E-state index is 0.369. The fourth-order valence-corrected chi connectivity index (χ4v) is 2.75. The van der Waals surface area contributed by atoms with Gasteiger partial charge in [0, 0.05) is 11.8 Å². The molecule has 2 unspecified atom stereocenters. The molecule has 0 N–H and O–H groups in total. The predicted molar refractivity (Wildman–Crippen MR) is 77.6 cm³/mol. The lowest BCUT2D eigenvalue weighted by atomic mass is 9.76. The number of rotatable bonds is 2. The molecule has 0 aromatic heterocycles. The lowest BCUT2D eigenvalue weighted by molar-refractivity contribution is 0.731. The summed E-state index contributed by atoms with van der Waals surface area (Å²) in [6.07, 6.45) is 6.59. The van der Waals surface area contributed by atoms with Crippen LogP contribution in [-0.4, -0.2) is 0 Å². The molecule has 0 bridgehead atoms. The summed E-state index contributed by atoms with van der Waals surface area (Å²) in [4.78, 5) is 0. The van der Waals surface area contributed by atoms with Crippen molar-refractivity contribution < 1.29 is 0 Å². The Kier molecular flexibility index (Phi) is 2.85. The van der Waals surface area contributed by atoms with E-state index in [-0.39, 0.29) is 0 Å². The second-order valence-corrected chi connectivity index (χ2v) is 4.69. The molecule has 0 heteroatoms. The van der Waals surface area contributed by atoms with E-state index in [0.717, 1.165) is 0 Å². The molecule has 88 valence electrons. The summed E-state index contributed by atoms with van der Waals surface area (Å²) in [5, 5.41) is 0. The summed E-state index contributed by atoms with van der Waals surface area (Å²) >= 11 is 0. The average Bonchev–Trinajstić information content (AvgIpc) is 2.47. The predicted octanol–water partition coefficient (Wildman–Crippen LogP) is 4.77. The van der Waals surface area contributed by atoms with Crippen molar-refractivity contribution in [1.82, 2.24) is 0 Å². The van der Waals surface area contributed by atoms with Crippen LogP contribution in [0.25, 0.3) is 6.08 Å². The van der Waals surface area contributed by atoms with Crippen LogP contribution in [-0.2, 0) is 0 Å². The molecule has 0 saturated carbocycles. The van der Waals surface area contributed by atoms with Crippen LogP contribution in [0.1, 0.15) is 28.5 Å². The second-order valence-electron chi connectivity index (χ2n) is 4.69. The second kappa shape index (κ2) is 4.66. The van der Waals surface area contributed by atoms with Crippen LogP contribution < -0.4 is 0 Å². The number of allylic oxidation sites excluding steroid dienone is 2. The Morgan fingerprint density at radius 2 is 1.61 bits per heavy atom. The highest BCUT2D eigenvalue weighted by atomic mass is 14.3. The van der Waals surface area contributed by atoms with Crippen molar-refractivity contribution in [3.05, 3.63) is 90.0 Å². The number of fused-ring (bicyclic) bond motifs is 1. The van der Waals surface area contributed by atoms with Gasteiger partial charge in [0.15, 0.2) is 0 Å². The van der Waals surface area contributed by atoms with E-state index in [1.54, 1.807) is 0 Å². The van der Waals surface area contributed by atoms with E-state index in [4.69, 9.17) is 0 Å². The minimum Gasteiger partial charge on any atom is -0.102 e. The van der Waals surface area contributed by atoms with Crippen LogP contribution >= 0.6 is 0 Å². The Morgan fingerprint density at radius 3 is 2.39 bits per heavy atom. The molecule has 0 amide bonds. The number of hydrogen-bond acceptors (Lipinski definition) is 0. The first-order valence-corrected chi connectivity index (χ1v) is 6.35. The molecule has 0 heterocycles.